The van der Waals surface area contributed by atoms with Crippen molar-refractivity contribution in [3.63, 3.8) is 0 Å². The molecule has 1 aromatic heterocycles. The Morgan fingerprint density at radius 1 is 1.08 bits per heavy atom. The first-order valence-corrected chi connectivity index (χ1v) is 9.08. The zero-order valence-electron chi connectivity index (χ0n) is 13.5. The van der Waals surface area contributed by atoms with Crippen LogP contribution in [0.5, 0.6) is 0 Å². The average Bonchev–Trinajstić information content (AvgIpc) is 3.09. The molecular weight excluding hydrogens is 343 g/mol. The van der Waals surface area contributed by atoms with Crippen molar-refractivity contribution in [2.45, 2.75) is 11.4 Å². The van der Waals surface area contributed by atoms with Gasteiger partial charge in [-0.2, -0.15) is 0 Å². The highest BCUT2D eigenvalue weighted by molar-refractivity contribution is 7.92. The lowest BCUT2D eigenvalue weighted by Gasteiger charge is -2.13. The third-order valence-corrected chi connectivity index (χ3v) is 4.97. The molecule has 5 nitrogen and oxygen atoms in total. The molecule has 0 amide bonds. The molecule has 0 bridgehead atoms. The van der Waals surface area contributed by atoms with Crippen molar-refractivity contribution in [2.75, 3.05) is 11.8 Å². The maximum atomic E-state index is 13.4. The van der Waals surface area contributed by atoms with Gasteiger partial charge in [-0.05, 0) is 55.1 Å². The zero-order chi connectivity index (χ0) is 17.9. The third kappa shape index (κ3) is 3.89. The Hall–Kier alpha value is -2.64. The molecule has 2 aromatic carbocycles. The van der Waals surface area contributed by atoms with E-state index in [0.717, 1.165) is 11.6 Å². The molecule has 0 unspecified atom stereocenters. The van der Waals surface area contributed by atoms with Crippen molar-refractivity contribution in [3.8, 4) is 11.3 Å². The van der Waals surface area contributed by atoms with E-state index in [0.29, 0.717) is 23.6 Å². The van der Waals surface area contributed by atoms with Gasteiger partial charge in [-0.3, -0.25) is 4.72 Å². The predicted molar refractivity (Wildman–Crippen MR) is 94.1 cm³/mol. The summed E-state index contributed by atoms with van der Waals surface area (Å²) >= 11 is 0. The summed E-state index contributed by atoms with van der Waals surface area (Å²) in [5.41, 5.74) is 1.87. The van der Waals surface area contributed by atoms with Gasteiger partial charge in [-0.1, -0.05) is 12.1 Å². The molecule has 0 radical (unpaired) electrons. The summed E-state index contributed by atoms with van der Waals surface area (Å²) in [6, 6.07) is 13.7. The number of benzene rings is 2. The number of hydrogen-bond donors (Lipinski definition) is 2. The lowest BCUT2D eigenvalue weighted by molar-refractivity contribution is 0.582. The minimum absolute atomic E-state index is 0.142. The molecule has 3 aromatic rings. The van der Waals surface area contributed by atoms with E-state index >= 15 is 0 Å². The number of halogens is 1. The molecule has 0 spiro atoms. The molecule has 25 heavy (non-hydrogen) atoms. The molecule has 2 N–H and O–H groups in total. The van der Waals surface area contributed by atoms with Gasteiger partial charge in [0.05, 0.1) is 16.8 Å². The van der Waals surface area contributed by atoms with Crippen LogP contribution in [0.3, 0.4) is 0 Å². The van der Waals surface area contributed by atoms with E-state index in [9.17, 15) is 12.8 Å². The molecule has 0 saturated heterocycles. The Kier molecular flexibility index (Phi) is 4.87. The highest BCUT2D eigenvalue weighted by atomic mass is 32.2. The van der Waals surface area contributed by atoms with E-state index in [2.05, 4.69) is 10.0 Å². The SMILES string of the molecule is CNCc1ccc(-c2ccco2)c(NS(=O)(=O)c2cccc(F)c2)c1. The topological polar surface area (TPSA) is 71.3 Å². The fourth-order valence-corrected chi connectivity index (χ4v) is 3.58. The molecule has 0 aliphatic carbocycles. The number of furan rings is 1. The monoisotopic (exact) mass is 360 g/mol. The molecule has 0 atom stereocenters. The standard InChI is InChI=1S/C18H17FN2O3S/c1-20-12-13-7-8-16(18-6-3-9-24-18)17(10-13)21-25(22,23)15-5-2-4-14(19)11-15/h2-11,20-21H,12H2,1H3. The van der Waals surface area contributed by atoms with Crippen LogP contribution in [0.15, 0.2) is 70.2 Å². The van der Waals surface area contributed by atoms with E-state index in [1.54, 1.807) is 31.3 Å². The van der Waals surface area contributed by atoms with Crippen molar-refractivity contribution in [2.24, 2.45) is 0 Å². The highest BCUT2D eigenvalue weighted by Crippen LogP contribution is 2.31. The second-order valence-electron chi connectivity index (χ2n) is 5.45. The molecule has 7 heteroatoms. The largest absolute Gasteiger partial charge is 0.464 e. The van der Waals surface area contributed by atoms with Crippen LogP contribution in [0.2, 0.25) is 0 Å². The number of sulfonamides is 1. The molecule has 0 saturated carbocycles. The van der Waals surface area contributed by atoms with Crippen molar-refractivity contribution < 1.29 is 17.2 Å². The lowest BCUT2D eigenvalue weighted by Crippen LogP contribution is -2.14. The second-order valence-corrected chi connectivity index (χ2v) is 7.13. The van der Waals surface area contributed by atoms with Gasteiger partial charge >= 0.3 is 0 Å². The van der Waals surface area contributed by atoms with E-state index in [-0.39, 0.29) is 4.90 Å². The van der Waals surface area contributed by atoms with Crippen molar-refractivity contribution in [1.29, 1.82) is 0 Å². The van der Waals surface area contributed by atoms with E-state index < -0.39 is 15.8 Å². The first kappa shape index (κ1) is 17.2. The average molecular weight is 360 g/mol. The lowest BCUT2D eigenvalue weighted by atomic mass is 10.1. The fraction of sp³-hybridized carbons (Fsp3) is 0.111. The minimum atomic E-state index is -3.93. The summed E-state index contributed by atoms with van der Waals surface area (Å²) in [6.07, 6.45) is 1.52. The molecule has 3 rings (SSSR count). The highest BCUT2D eigenvalue weighted by Gasteiger charge is 2.18. The van der Waals surface area contributed by atoms with Crippen LogP contribution in [-0.2, 0) is 16.6 Å². The van der Waals surface area contributed by atoms with Crippen molar-refractivity contribution in [1.82, 2.24) is 5.32 Å². The van der Waals surface area contributed by atoms with Crippen LogP contribution in [0.4, 0.5) is 10.1 Å². The molecule has 0 fully saturated rings. The smallest absolute Gasteiger partial charge is 0.262 e. The fourth-order valence-electron chi connectivity index (χ4n) is 2.47. The van der Waals surface area contributed by atoms with Crippen LogP contribution < -0.4 is 10.0 Å². The van der Waals surface area contributed by atoms with E-state index in [1.807, 2.05) is 6.07 Å². The van der Waals surface area contributed by atoms with Gasteiger partial charge in [0.2, 0.25) is 0 Å². The summed E-state index contributed by atoms with van der Waals surface area (Å²) in [5.74, 6) is -0.0778. The number of nitrogens with one attached hydrogen (secondary N) is 2. The van der Waals surface area contributed by atoms with Crippen LogP contribution in [0.1, 0.15) is 5.56 Å². The van der Waals surface area contributed by atoms with Gasteiger partial charge < -0.3 is 9.73 Å². The molecule has 130 valence electrons. The van der Waals surface area contributed by atoms with E-state index in [1.165, 1.54) is 24.5 Å². The number of hydrogen-bond acceptors (Lipinski definition) is 4. The van der Waals surface area contributed by atoms with Crippen molar-refractivity contribution in [3.05, 3.63) is 72.2 Å². The van der Waals surface area contributed by atoms with Gasteiger partial charge in [0.1, 0.15) is 11.6 Å². The van der Waals surface area contributed by atoms with Gasteiger partial charge in [-0.25, -0.2) is 12.8 Å². The van der Waals surface area contributed by atoms with Gasteiger partial charge in [0.15, 0.2) is 0 Å². The maximum Gasteiger partial charge on any atom is 0.262 e. The Balaban J connectivity index is 2.04. The normalized spacial score (nSPS) is 11.4. The first-order valence-electron chi connectivity index (χ1n) is 7.59. The Morgan fingerprint density at radius 2 is 1.92 bits per heavy atom. The second kappa shape index (κ2) is 7.08. The quantitative estimate of drug-likeness (QED) is 0.704. The summed E-state index contributed by atoms with van der Waals surface area (Å²) < 4.78 is 46.6. The summed E-state index contributed by atoms with van der Waals surface area (Å²) in [6.45, 7) is 0.577. The molecular formula is C18H17FN2O3S. The Morgan fingerprint density at radius 3 is 2.60 bits per heavy atom. The van der Waals surface area contributed by atoms with Crippen LogP contribution in [0.25, 0.3) is 11.3 Å². The maximum absolute atomic E-state index is 13.4. The van der Waals surface area contributed by atoms with Gasteiger partial charge in [0.25, 0.3) is 10.0 Å². The Labute approximate surface area is 145 Å². The summed E-state index contributed by atoms with van der Waals surface area (Å²) in [4.78, 5) is -0.142. The molecule has 1 heterocycles. The van der Waals surface area contributed by atoms with Gasteiger partial charge in [0, 0.05) is 12.1 Å². The van der Waals surface area contributed by atoms with Crippen LogP contribution in [0, 0.1) is 5.82 Å². The Bertz CT molecular complexity index is 970. The minimum Gasteiger partial charge on any atom is -0.464 e. The number of anilines is 1. The van der Waals surface area contributed by atoms with Crippen LogP contribution in [-0.4, -0.2) is 15.5 Å². The summed E-state index contributed by atoms with van der Waals surface area (Å²) in [5, 5.41) is 3.02. The van der Waals surface area contributed by atoms with Gasteiger partial charge in [-0.15, -0.1) is 0 Å². The predicted octanol–water partition coefficient (Wildman–Crippen LogP) is 3.61. The number of rotatable bonds is 6. The third-order valence-electron chi connectivity index (χ3n) is 3.60. The van der Waals surface area contributed by atoms with E-state index in [4.69, 9.17) is 4.42 Å². The van der Waals surface area contributed by atoms with Crippen LogP contribution >= 0.6 is 0 Å². The molecule has 0 aliphatic rings. The van der Waals surface area contributed by atoms with Crippen molar-refractivity contribution >= 4 is 15.7 Å². The zero-order valence-corrected chi connectivity index (χ0v) is 14.3. The first-order chi connectivity index (χ1) is 12.0. The molecule has 0 aliphatic heterocycles. The summed E-state index contributed by atoms with van der Waals surface area (Å²) in [7, 11) is -2.13.